The molecule has 4 rings (SSSR count). The van der Waals surface area contributed by atoms with Gasteiger partial charge in [0, 0.05) is 19.0 Å². The van der Waals surface area contributed by atoms with Crippen molar-refractivity contribution in [2.24, 2.45) is 5.92 Å². The summed E-state index contributed by atoms with van der Waals surface area (Å²) >= 11 is 0. The van der Waals surface area contributed by atoms with Gasteiger partial charge in [0.25, 0.3) is 0 Å². The average molecular weight is 339 g/mol. The zero-order chi connectivity index (χ0) is 17.3. The molecule has 1 aromatic heterocycles. The number of hydrogen-bond donors (Lipinski definition) is 1. The van der Waals surface area contributed by atoms with Crippen molar-refractivity contribution in [1.29, 1.82) is 0 Å². The first kappa shape index (κ1) is 16.1. The van der Waals surface area contributed by atoms with Gasteiger partial charge < -0.3 is 14.8 Å². The highest BCUT2D eigenvalue weighted by Crippen LogP contribution is 2.53. The average Bonchev–Trinajstić information content (AvgIpc) is 3.09. The number of hydrogen-bond acceptors (Lipinski definition) is 3. The van der Waals surface area contributed by atoms with E-state index < -0.39 is 0 Å². The third-order valence-electron chi connectivity index (χ3n) is 5.87. The number of nitrogens with one attached hydrogen (secondary N) is 1. The molecule has 1 aromatic carbocycles. The second kappa shape index (κ2) is 6.50. The molecule has 1 saturated heterocycles. The van der Waals surface area contributed by atoms with Crippen LogP contribution in [0, 0.1) is 5.92 Å². The highest BCUT2D eigenvalue weighted by molar-refractivity contribution is 5.77. The van der Waals surface area contributed by atoms with Gasteiger partial charge in [0.15, 0.2) is 5.82 Å². The van der Waals surface area contributed by atoms with Crippen LogP contribution in [0.4, 0.5) is 4.79 Å². The molecule has 1 aliphatic heterocycles. The summed E-state index contributed by atoms with van der Waals surface area (Å²) in [6.45, 7) is 4.11. The second-order valence-electron chi connectivity index (χ2n) is 7.04. The Morgan fingerprint density at radius 3 is 2.92 bits per heavy atom. The Balaban J connectivity index is 1.52. The Morgan fingerprint density at radius 2 is 2.16 bits per heavy atom. The minimum absolute atomic E-state index is 0.00709. The van der Waals surface area contributed by atoms with Gasteiger partial charge in [-0.3, -0.25) is 0 Å². The number of nitrogens with zero attached hydrogens (tertiary/aromatic N) is 4. The Labute approximate surface area is 148 Å². The summed E-state index contributed by atoms with van der Waals surface area (Å²) in [5.74, 6) is 1.37. The SMILES string of the molecule is CCn1cnnc1CNC(=O)N1C[C@H]2CCCC[C@@]21c1ccccc1. The van der Waals surface area contributed by atoms with Crippen LogP contribution in [0.1, 0.15) is 44.0 Å². The van der Waals surface area contributed by atoms with Crippen molar-refractivity contribution in [3.05, 3.63) is 48.0 Å². The molecule has 132 valence electrons. The summed E-state index contributed by atoms with van der Waals surface area (Å²) in [6.07, 6.45) is 6.42. The zero-order valence-electron chi connectivity index (χ0n) is 14.7. The van der Waals surface area contributed by atoms with E-state index in [0.717, 1.165) is 25.3 Å². The number of amides is 2. The minimum atomic E-state index is -0.123. The first-order valence-corrected chi connectivity index (χ1v) is 9.23. The topological polar surface area (TPSA) is 63.1 Å². The Hall–Kier alpha value is -2.37. The van der Waals surface area contributed by atoms with Crippen LogP contribution in [0.3, 0.4) is 0 Å². The molecule has 2 aliphatic rings. The molecule has 2 amide bonds. The summed E-state index contributed by atoms with van der Waals surface area (Å²) in [5.41, 5.74) is 1.15. The first-order chi connectivity index (χ1) is 12.3. The number of rotatable bonds is 4. The summed E-state index contributed by atoms with van der Waals surface area (Å²) in [4.78, 5) is 15.0. The number of carbonyl (C=O) groups is 1. The molecule has 2 aromatic rings. The van der Waals surface area contributed by atoms with E-state index in [1.165, 1.54) is 24.8 Å². The van der Waals surface area contributed by atoms with Crippen LogP contribution in [-0.2, 0) is 18.6 Å². The Bertz CT molecular complexity index is 743. The fourth-order valence-electron chi connectivity index (χ4n) is 4.55. The van der Waals surface area contributed by atoms with E-state index >= 15 is 0 Å². The van der Waals surface area contributed by atoms with Gasteiger partial charge in [-0.2, -0.15) is 0 Å². The lowest BCUT2D eigenvalue weighted by Gasteiger charge is -2.61. The van der Waals surface area contributed by atoms with Gasteiger partial charge in [-0.25, -0.2) is 4.79 Å². The van der Waals surface area contributed by atoms with Crippen molar-refractivity contribution in [2.75, 3.05) is 6.54 Å². The Kier molecular flexibility index (Phi) is 4.19. The molecule has 6 nitrogen and oxygen atoms in total. The normalized spacial score (nSPS) is 25.2. The molecular weight excluding hydrogens is 314 g/mol. The van der Waals surface area contributed by atoms with Crippen molar-refractivity contribution in [2.45, 2.75) is 51.2 Å². The summed E-state index contributed by atoms with van der Waals surface area (Å²) in [5, 5.41) is 11.1. The molecule has 6 heteroatoms. The quantitative estimate of drug-likeness (QED) is 0.931. The molecule has 25 heavy (non-hydrogen) atoms. The van der Waals surface area contributed by atoms with E-state index in [9.17, 15) is 4.79 Å². The van der Waals surface area contributed by atoms with Crippen LogP contribution in [0.5, 0.6) is 0 Å². The highest BCUT2D eigenvalue weighted by atomic mass is 16.2. The molecule has 0 unspecified atom stereocenters. The van der Waals surface area contributed by atoms with Gasteiger partial charge in [-0.1, -0.05) is 43.2 Å². The molecule has 0 radical (unpaired) electrons. The first-order valence-electron chi connectivity index (χ1n) is 9.23. The molecule has 1 saturated carbocycles. The van der Waals surface area contributed by atoms with Gasteiger partial charge in [0.05, 0.1) is 12.1 Å². The van der Waals surface area contributed by atoms with E-state index in [1.54, 1.807) is 6.33 Å². The van der Waals surface area contributed by atoms with Crippen molar-refractivity contribution in [3.8, 4) is 0 Å². The third-order valence-corrected chi connectivity index (χ3v) is 5.87. The lowest BCUT2D eigenvalue weighted by Crippen LogP contribution is -2.69. The maximum atomic E-state index is 12.9. The smallest absolute Gasteiger partial charge is 0.318 e. The number of benzene rings is 1. The monoisotopic (exact) mass is 339 g/mol. The fraction of sp³-hybridized carbons (Fsp3) is 0.526. The fourth-order valence-corrected chi connectivity index (χ4v) is 4.55. The molecule has 0 spiro atoms. The van der Waals surface area contributed by atoms with Gasteiger partial charge >= 0.3 is 6.03 Å². The number of carbonyl (C=O) groups excluding carboxylic acids is 1. The van der Waals surface area contributed by atoms with Crippen LogP contribution in [0.15, 0.2) is 36.7 Å². The molecule has 0 bridgehead atoms. The van der Waals surface area contributed by atoms with Crippen molar-refractivity contribution in [3.63, 3.8) is 0 Å². The molecular formula is C19H25N5O. The minimum Gasteiger partial charge on any atom is -0.331 e. The summed E-state index contributed by atoms with van der Waals surface area (Å²) in [6, 6.07) is 10.5. The maximum absolute atomic E-state index is 12.9. The Morgan fingerprint density at radius 1 is 1.32 bits per heavy atom. The van der Waals surface area contributed by atoms with E-state index in [1.807, 2.05) is 22.5 Å². The second-order valence-corrected chi connectivity index (χ2v) is 7.04. The van der Waals surface area contributed by atoms with Crippen LogP contribution in [0.25, 0.3) is 0 Å². The molecule has 1 aliphatic carbocycles. The largest absolute Gasteiger partial charge is 0.331 e. The van der Waals surface area contributed by atoms with E-state index in [4.69, 9.17) is 0 Å². The van der Waals surface area contributed by atoms with Gasteiger partial charge in [-0.15, -0.1) is 10.2 Å². The van der Waals surface area contributed by atoms with E-state index in [-0.39, 0.29) is 11.6 Å². The number of urea groups is 1. The van der Waals surface area contributed by atoms with Gasteiger partial charge in [-0.05, 0) is 25.3 Å². The van der Waals surface area contributed by atoms with Crippen LogP contribution < -0.4 is 5.32 Å². The van der Waals surface area contributed by atoms with Crippen LogP contribution in [-0.4, -0.2) is 32.2 Å². The van der Waals surface area contributed by atoms with Crippen molar-refractivity contribution < 1.29 is 4.79 Å². The zero-order valence-corrected chi connectivity index (χ0v) is 14.7. The molecule has 2 fully saturated rings. The van der Waals surface area contributed by atoms with E-state index in [0.29, 0.717) is 12.5 Å². The molecule has 2 atom stereocenters. The predicted octanol–water partition coefficient (Wildman–Crippen LogP) is 2.91. The van der Waals surface area contributed by atoms with Crippen LogP contribution in [0.2, 0.25) is 0 Å². The highest BCUT2D eigenvalue weighted by Gasteiger charge is 2.56. The molecule has 1 N–H and O–H groups in total. The standard InChI is InChI=1S/C19H25N5O/c1-2-23-14-21-22-17(23)12-20-18(25)24-13-16-10-6-7-11-19(16,24)15-8-4-3-5-9-15/h3-5,8-9,14,16H,2,6-7,10-13H2,1H3,(H,20,25)/t16-,19-/m1/s1. The number of aryl methyl sites for hydroxylation is 1. The lowest BCUT2D eigenvalue weighted by atomic mass is 9.62. The van der Waals surface area contributed by atoms with Crippen LogP contribution >= 0.6 is 0 Å². The predicted molar refractivity (Wildman–Crippen MR) is 94.7 cm³/mol. The molecule has 2 heterocycles. The number of fused-ring (bicyclic) bond motifs is 1. The summed E-state index contributed by atoms with van der Waals surface area (Å²) in [7, 11) is 0. The number of likely N-dealkylation sites (tertiary alicyclic amines) is 1. The lowest BCUT2D eigenvalue weighted by molar-refractivity contribution is -0.0794. The van der Waals surface area contributed by atoms with Crippen molar-refractivity contribution in [1.82, 2.24) is 25.0 Å². The maximum Gasteiger partial charge on any atom is 0.318 e. The third kappa shape index (κ3) is 2.60. The number of aromatic nitrogens is 3. The van der Waals surface area contributed by atoms with E-state index in [2.05, 4.69) is 39.8 Å². The van der Waals surface area contributed by atoms with Gasteiger partial charge in [0.1, 0.15) is 6.33 Å². The van der Waals surface area contributed by atoms with Crippen molar-refractivity contribution >= 4 is 6.03 Å². The van der Waals surface area contributed by atoms with Gasteiger partial charge in [0.2, 0.25) is 0 Å². The summed E-state index contributed by atoms with van der Waals surface area (Å²) < 4.78 is 1.95.